The molecule has 0 fully saturated rings. The van der Waals surface area contributed by atoms with Gasteiger partial charge in [0, 0.05) is 18.1 Å². The molecule has 0 aliphatic carbocycles. The summed E-state index contributed by atoms with van der Waals surface area (Å²) in [6.45, 7) is 2.03. The number of carbonyl (C=O) groups is 1. The number of nitrogens with zero attached hydrogens (tertiary/aromatic N) is 2. The van der Waals surface area contributed by atoms with Gasteiger partial charge in [0.15, 0.2) is 0 Å². The van der Waals surface area contributed by atoms with E-state index in [1.54, 1.807) is 11.3 Å². The average molecular weight is 297 g/mol. The number of pyridine rings is 1. The number of anilines is 1. The summed E-state index contributed by atoms with van der Waals surface area (Å²) in [6.07, 6.45) is 1.46. The Bertz CT molecular complexity index is 586. The molecule has 1 N–H and O–H groups in total. The highest BCUT2D eigenvalue weighted by Crippen LogP contribution is 2.32. The topological polar surface area (TPSA) is 53.4 Å². The molecule has 0 aromatic carbocycles. The minimum atomic E-state index is -1.05. The van der Waals surface area contributed by atoms with Crippen molar-refractivity contribution in [3.63, 3.8) is 0 Å². The Labute approximate surface area is 120 Å². The van der Waals surface area contributed by atoms with Crippen molar-refractivity contribution in [3.8, 4) is 0 Å². The Morgan fingerprint density at radius 3 is 2.84 bits per heavy atom. The summed E-state index contributed by atoms with van der Waals surface area (Å²) < 4.78 is 0. The first kappa shape index (κ1) is 13.8. The van der Waals surface area contributed by atoms with Crippen LogP contribution in [0.2, 0.25) is 5.02 Å². The van der Waals surface area contributed by atoms with Crippen molar-refractivity contribution in [1.82, 2.24) is 4.98 Å². The van der Waals surface area contributed by atoms with Crippen LogP contribution < -0.4 is 4.90 Å². The van der Waals surface area contributed by atoms with Crippen LogP contribution in [0.5, 0.6) is 0 Å². The van der Waals surface area contributed by atoms with Gasteiger partial charge in [-0.25, -0.2) is 9.78 Å². The zero-order chi connectivity index (χ0) is 14.0. The number of thiophene rings is 1. The molecule has 0 radical (unpaired) electrons. The summed E-state index contributed by atoms with van der Waals surface area (Å²) in [5.41, 5.74) is 0.0666. The SMILES string of the molecule is CC(c1cccs1)N(C)c1nccc(C(=O)O)c1Cl. The molecule has 2 aromatic heterocycles. The number of halogens is 1. The van der Waals surface area contributed by atoms with E-state index in [0.717, 1.165) is 0 Å². The molecule has 2 aromatic rings. The molecular formula is C13H13ClN2O2S. The van der Waals surface area contributed by atoms with Crippen molar-refractivity contribution in [1.29, 1.82) is 0 Å². The molecule has 0 aliphatic heterocycles. The third-order valence-electron chi connectivity index (χ3n) is 2.97. The minimum absolute atomic E-state index is 0.0666. The van der Waals surface area contributed by atoms with E-state index in [2.05, 4.69) is 4.98 Å². The van der Waals surface area contributed by atoms with Gasteiger partial charge >= 0.3 is 5.97 Å². The number of carboxylic acid groups (broad SMARTS) is 1. The lowest BCUT2D eigenvalue weighted by Crippen LogP contribution is -2.22. The van der Waals surface area contributed by atoms with Gasteiger partial charge in [0.05, 0.1) is 16.6 Å². The minimum Gasteiger partial charge on any atom is -0.478 e. The summed E-state index contributed by atoms with van der Waals surface area (Å²) in [6, 6.07) is 5.49. The van der Waals surface area contributed by atoms with Gasteiger partial charge < -0.3 is 10.0 Å². The highest BCUT2D eigenvalue weighted by Gasteiger charge is 2.20. The lowest BCUT2D eigenvalue weighted by molar-refractivity contribution is 0.0697. The van der Waals surface area contributed by atoms with Crippen molar-refractivity contribution in [2.24, 2.45) is 0 Å². The molecule has 1 unspecified atom stereocenters. The standard InChI is InChI=1S/C13H13ClN2O2S/c1-8(10-4-3-7-19-10)16(2)12-11(14)9(13(17)18)5-6-15-12/h3-8H,1-2H3,(H,17,18). The largest absolute Gasteiger partial charge is 0.478 e. The quantitative estimate of drug-likeness (QED) is 0.935. The number of hydrogen-bond acceptors (Lipinski definition) is 4. The smallest absolute Gasteiger partial charge is 0.337 e. The lowest BCUT2D eigenvalue weighted by atomic mass is 10.2. The fraction of sp³-hybridized carbons (Fsp3) is 0.231. The molecule has 100 valence electrons. The van der Waals surface area contributed by atoms with Crippen LogP contribution in [0.1, 0.15) is 28.2 Å². The van der Waals surface area contributed by atoms with Gasteiger partial charge in [-0.05, 0) is 24.4 Å². The van der Waals surface area contributed by atoms with E-state index >= 15 is 0 Å². The van der Waals surface area contributed by atoms with Gasteiger partial charge in [-0.2, -0.15) is 0 Å². The van der Waals surface area contributed by atoms with Crippen molar-refractivity contribution < 1.29 is 9.90 Å². The van der Waals surface area contributed by atoms with Crippen LogP contribution in [0.4, 0.5) is 5.82 Å². The molecule has 19 heavy (non-hydrogen) atoms. The Morgan fingerprint density at radius 2 is 2.26 bits per heavy atom. The van der Waals surface area contributed by atoms with Crippen molar-refractivity contribution in [2.45, 2.75) is 13.0 Å². The van der Waals surface area contributed by atoms with Gasteiger partial charge in [-0.15, -0.1) is 11.3 Å². The molecule has 0 bridgehead atoms. The maximum atomic E-state index is 11.1. The number of hydrogen-bond donors (Lipinski definition) is 1. The third kappa shape index (κ3) is 2.72. The summed E-state index contributed by atoms with van der Waals surface area (Å²) in [7, 11) is 1.85. The molecule has 0 saturated heterocycles. The van der Waals surface area contributed by atoms with Crippen LogP contribution in [0.15, 0.2) is 29.8 Å². The summed E-state index contributed by atoms with van der Waals surface area (Å²) in [4.78, 5) is 18.3. The number of carboxylic acids is 1. The average Bonchev–Trinajstić information content (AvgIpc) is 2.90. The Balaban J connectivity index is 2.36. The second kappa shape index (κ2) is 5.59. The van der Waals surface area contributed by atoms with E-state index in [0.29, 0.717) is 5.82 Å². The van der Waals surface area contributed by atoms with Crippen LogP contribution in [-0.2, 0) is 0 Å². The second-order valence-corrected chi connectivity index (χ2v) is 5.46. The number of rotatable bonds is 4. The van der Waals surface area contributed by atoms with Gasteiger partial charge in [0.1, 0.15) is 5.82 Å². The Morgan fingerprint density at radius 1 is 1.53 bits per heavy atom. The van der Waals surface area contributed by atoms with Crippen molar-refractivity contribution >= 4 is 34.7 Å². The molecule has 0 spiro atoms. The molecule has 2 heterocycles. The second-order valence-electron chi connectivity index (χ2n) is 4.10. The van der Waals surface area contributed by atoms with E-state index in [9.17, 15) is 4.79 Å². The van der Waals surface area contributed by atoms with E-state index in [1.165, 1.54) is 17.1 Å². The van der Waals surface area contributed by atoms with E-state index in [1.807, 2.05) is 36.4 Å². The van der Waals surface area contributed by atoms with Crippen LogP contribution in [0.3, 0.4) is 0 Å². The first-order valence-electron chi connectivity index (χ1n) is 5.66. The summed E-state index contributed by atoms with van der Waals surface area (Å²) in [5.74, 6) is -0.576. The van der Waals surface area contributed by atoms with Crippen LogP contribution in [0, 0.1) is 0 Å². The van der Waals surface area contributed by atoms with E-state index in [-0.39, 0.29) is 16.6 Å². The van der Waals surface area contributed by atoms with Crippen LogP contribution in [-0.4, -0.2) is 23.1 Å². The van der Waals surface area contributed by atoms with Gasteiger partial charge in [-0.3, -0.25) is 0 Å². The van der Waals surface area contributed by atoms with Gasteiger partial charge in [-0.1, -0.05) is 17.7 Å². The van der Waals surface area contributed by atoms with Crippen LogP contribution >= 0.6 is 22.9 Å². The molecule has 4 nitrogen and oxygen atoms in total. The zero-order valence-corrected chi connectivity index (χ0v) is 12.1. The summed E-state index contributed by atoms with van der Waals surface area (Å²) >= 11 is 7.76. The predicted octanol–water partition coefficient (Wildman–Crippen LogP) is 3.69. The molecule has 1 atom stereocenters. The molecular weight excluding hydrogens is 284 g/mol. The maximum absolute atomic E-state index is 11.1. The van der Waals surface area contributed by atoms with Crippen LogP contribution in [0.25, 0.3) is 0 Å². The fourth-order valence-corrected chi connectivity index (χ4v) is 2.90. The Kier molecular flexibility index (Phi) is 4.07. The third-order valence-corrected chi connectivity index (χ3v) is 4.39. The highest BCUT2D eigenvalue weighted by molar-refractivity contribution is 7.10. The van der Waals surface area contributed by atoms with E-state index in [4.69, 9.17) is 16.7 Å². The van der Waals surface area contributed by atoms with Crippen molar-refractivity contribution in [3.05, 3.63) is 45.2 Å². The molecule has 0 aliphatic rings. The van der Waals surface area contributed by atoms with Gasteiger partial charge in [0.25, 0.3) is 0 Å². The number of aromatic carboxylic acids is 1. The molecule has 2 rings (SSSR count). The van der Waals surface area contributed by atoms with Crippen molar-refractivity contribution in [2.75, 3.05) is 11.9 Å². The first-order chi connectivity index (χ1) is 9.02. The van der Waals surface area contributed by atoms with Gasteiger partial charge in [0.2, 0.25) is 0 Å². The monoisotopic (exact) mass is 296 g/mol. The van der Waals surface area contributed by atoms with E-state index < -0.39 is 5.97 Å². The normalized spacial score (nSPS) is 12.2. The zero-order valence-electron chi connectivity index (χ0n) is 10.5. The predicted molar refractivity (Wildman–Crippen MR) is 77.3 cm³/mol. The fourth-order valence-electron chi connectivity index (χ4n) is 1.75. The lowest BCUT2D eigenvalue weighted by Gasteiger charge is -2.26. The maximum Gasteiger partial charge on any atom is 0.337 e. The summed E-state index contributed by atoms with van der Waals surface area (Å²) in [5, 5.41) is 11.2. The molecule has 0 saturated carbocycles. The first-order valence-corrected chi connectivity index (χ1v) is 6.92. The molecule has 0 amide bonds. The molecule has 6 heteroatoms. The highest BCUT2D eigenvalue weighted by atomic mass is 35.5. The Hall–Kier alpha value is -1.59. The number of aromatic nitrogens is 1.